The lowest BCUT2D eigenvalue weighted by Gasteiger charge is -2.33. The summed E-state index contributed by atoms with van der Waals surface area (Å²) in [7, 11) is 3.62. The highest BCUT2D eigenvalue weighted by Gasteiger charge is 2.36. The molecular formula is C21H26N4O3S. The zero-order chi connectivity index (χ0) is 20.4. The van der Waals surface area contributed by atoms with Crippen LogP contribution in [-0.2, 0) is 4.79 Å². The maximum absolute atomic E-state index is 13.2. The number of hydrazone groups is 1. The average molecular weight is 415 g/mol. The summed E-state index contributed by atoms with van der Waals surface area (Å²) in [5.41, 5.74) is 1.53. The number of ether oxygens (including phenoxy) is 1. The molecule has 0 radical (unpaired) electrons. The number of carbonyl (C=O) groups is 1. The number of nitrogens with zero attached hydrogens (tertiary/aromatic N) is 4. The number of methoxy groups -OCH3 is 1. The SMILES string of the molecule is COc1cccc([C@H]2CC(c3cccs3)=NN2C(=O)CN2CCN(C)CC2)c1O. The molecule has 7 nitrogen and oxygen atoms in total. The van der Waals surface area contributed by atoms with Crippen molar-refractivity contribution in [2.24, 2.45) is 5.10 Å². The van der Waals surface area contributed by atoms with Crippen LogP contribution in [0.4, 0.5) is 0 Å². The lowest BCUT2D eigenvalue weighted by molar-refractivity contribution is -0.134. The first kappa shape index (κ1) is 19.9. The molecule has 0 saturated carbocycles. The van der Waals surface area contributed by atoms with Crippen LogP contribution in [-0.4, -0.2) is 78.4 Å². The molecule has 29 heavy (non-hydrogen) atoms. The van der Waals surface area contributed by atoms with Gasteiger partial charge in [-0.25, -0.2) is 5.01 Å². The summed E-state index contributed by atoms with van der Waals surface area (Å²) in [6.07, 6.45) is 0.565. The Bertz CT molecular complexity index is 891. The molecule has 2 aliphatic rings. The zero-order valence-corrected chi connectivity index (χ0v) is 17.6. The summed E-state index contributed by atoms with van der Waals surface area (Å²) in [4.78, 5) is 18.7. The summed E-state index contributed by atoms with van der Waals surface area (Å²) >= 11 is 1.61. The maximum atomic E-state index is 13.2. The Kier molecular flexibility index (Phi) is 5.84. The number of rotatable bonds is 5. The van der Waals surface area contributed by atoms with Gasteiger partial charge in [-0.3, -0.25) is 9.69 Å². The van der Waals surface area contributed by atoms with Gasteiger partial charge in [0.25, 0.3) is 5.91 Å². The number of hydrogen-bond donors (Lipinski definition) is 1. The molecule has 0 spiro atoms. The second-order valence-corrected chi connectivity index (χ2v) is 8.41. The number of piperazine rings is 1. The second-order valence-electron chi connectivity index (χ2n) is 7.46. The first-order valence-electron chi connectivity index (χ1n) is 9.77. The van der Waals surface area contributed by atoms with Crippen LogP contribution >= 0.6 is 11.3 Å². The molecule has 2 aromatic rings. The lowest BCUT2D eigenvalue weighted by Crippen LogP contribution is -2.48. The van der Waals surface area contributed by atoms with Crippen molar-refractivity contribution in [3.8, 4) is 11.5 Å². The third kappa shape index (κ3) is 4.14. The molecule has 154 valence electrons. The minimum atomic E-state index is -0.345. The van der Waals surface area contributed by atoms with Crippen LogP contribution in [0.5, 0.6) is 11.5 Å². The van der Waals surface area contributed by atoms with Crippen molar-refractivity contribution < 1.29 is 14.6 Å². The highest BCUT2D eigenvalue weighted by atomic mass is 32.1. The van der Waals surface area contributed by atoms with Gasteiger partial charge < -0.3 is 14.7 Å². The third-order valence-electron chi connectivity index (χ3n) is 5.54. The molecule has 1 saturated heterocycles. The summed E-state index contributed by atoms with van der Waals surface area (Å²) in [5, 5.41) is 18.9. The van der Waals surface area contributed by atoms with E-state index in [4.69, 9.17) is 4.74 Å². The Balaban J connectivity index is 1.60. The summed E-state index contributed by atoms with van der Waals surface area (Å²) in [5.74, 6) is 0.423. The maximum Gasteiger partial charge on any atom is 0.257 e. The van der Waals surface area contributed by atoms with Gasteiger partial charge >= 0.3 is 0 Å². The Hall–Kier alpha value is -2.42. The molecule has 1 amide bonds. The number of carbonyl (C=O) groups excluding carboxylic acids is 1. The van der Waals surface area contributed by atoms with Crippen molar-refractivity contribution in [2.45, 2.75) is 12.5 Å². The van der Waals surface area contributed by atoms with Crippen LogP contribution < -0.4 is 4.74 Å². The van der Waals surface area contributed by atoms with Gasteiger partial charge in [-0.1, -0.05) is 18.2 Å². The van der Waals surface area contributed by atoms with E-state index in [2.05, 4.69) is 21.9 Å². The zero-order valence-electron chi connectivity index (χ0n) is 16.7. The summed E-state index contributed by atoms with van der Waals surface area (Å²) in [6.45, 7) is 3.98. The van der Waals surface area contributed by atoms with Gasteiger partial charge in [-0.15, -0.1) is 11.3 Å². The molecule has 1 aromatic carbocycles. The van der Waals surface area contributed by atoms with E-state index >= 15 is 0 Å². The van der Waals surface area contributed by atoms with Crippen molar-refractivity contribution in [1.82, 2.24) is 14.8 Å². The van der Waals surface area contributed by atoms with Gasteiger partial charge in [0.1, 0.15) is 0 Å². The van der Waals surface area contributed by atoms with Crippen LogP contribution in [0.1, 0.15) is 22.9 Å². The van der Waals surface area contributed by atoms with Crippen molar-refractivity contribution in [3.05, 3.63) is 46.2 Å². The lowest BCUT2D eigenvalue weighted by atomic mass is 9.99. The predicted molar refractivity (Wildman–Crippen MR) is 114 cm³/mol. The van der Waals surface area contributed by atoms with Gasteiger partial charge in [0, 0.05) is 38.2 Å². The average Bonchev–Trinajstić information content (AvgIpc) is 3.39. The van der Waals surface area contributed by atoms with Crippen molar-refractivity contribution in [3.63, 3.8) is 0 Å². The topological polar surface area (TPSA) is 68.6 Å². The molecule has 1 aromatic heterocycles. The molecule has 4 rings (SSSR count). The monoisotopic (exact) mass is 414 g/mol. The van der Waals surface area contributed by atoms with Crippen LogP contribution in [0.15, 0.2) is 40.8 Å². The van der Waals surface area contributed by atoms with E-state index in [-0.39, 0.29) is 17.7 Å². The van der Waals surface area contributed by atoms with E-state index in [9.17, 15) is 9.90 Å². The Morgan fingerprint density at radius 1 is 1.24 bits per heavy atom. The number of aromatic hydroxyl groups is 1. The van der Waals surface area contributed by atoms with E-state index in [1.807, 2.05) is 29.6 Å². The minimum Gasteiger partial charge on any atom is -0.504 e. The third-order valence-corrected chi connectivity index (χ3v) is 6.45. The van der Waals surface area contributed by atoms with Gasteiger partial charge in [0.05, 0.1) is 30.3 Å². The fourth-order valence-corrected chi connectivity index (χ4v) is 4.54. The first-order chi connectivity index (χ1) is 14.1. The Labute approximate surface area is 174 Å². The van der Waals surface area contributed by atoms with E-state index in [1.54, 1.807) is 22.4 Å². The Morgan fingerprint density at radius 3 is 2.72 bits per heavy atom. The standard InChI is InChI=1S/C21H26N4O3S/c1-23-8-10-24(11-9-23)14-20(26)25-17(13-16(22-25)19-7-4-12-29-19)15-5-3-6-18(28-2)21(15)27/h3-7,12,17,27H,8-11,13-14H2,1-2H3/t17-/m1/s1. The smallest absolute Gasteiger partial charge is 0.257 e. The molecule has 0 unspecified atom stereocenters. The molecule has 0 bridgehead atoms. The largest absolute Gasteiger partial charge is 0.504 e. The normalized spacial score (nSPS) is 20.7. The van der Waals surface area contributed by atoms with Crippen LogP contribution in [0.25, 0.3) is 0 Å². The minimum absolute atomic E-state index is 0.0478. The summed E-state index contributed by atoms with van der Waals surface area (Å²) < 4.78 is 5.27. The highest BCUT2D eigenvalue weighted by molar-refractivity contribution is 7.12. The number of benzene rings is 1. The number of para-hydroxylation sites is 1. The van der Waals surface area contributed by atoms with Gasteiger partial charge in [0.15, 0.2) is 11.5 Å². The molecule has 8 heteroatoms. The molecule has 2 aliphatic heterocycles. The van der Waals surface area contributed by atoms with Gasteiger partial charge in [-0.2, -0.15) is 5.10 Å². The first-order valence-corrected chi connectivity index (χ1v) is 10.6. The second kappa shape index (κ2) is 8.52. The number of thiophene rings is 1. The quantitative estimate of drug-likeness (QED) is 0.814. The van der Waals surface area contributed by atoms with Gasteiger partial charge in [0.2, 0.25) is 0 Å². The van der Waals surface area contributed by atoms with Crippen molar-refractivity contribution in [2.75, 3.05) is 46.9 Å². The molecular weight excluding hydrogens is 388 g/mol. The van der Waals surface area contributed by atoms with Gasteiger partial charge in [-0.05, 0) is 24.6 Å². The number of phenols is 1. The van der Waals surface area contributed by atoms with E-state index in [1.165, 1.54) is 7.11 Å². The number of likely N-dealkylation sites (N-methyl/N-ethyl adjacent to an activating group) is 1. The molecule has 3 heterocycles. The molecule has 0 aliphatic carbocycles. The van der Waals surface area contributed by atoms with E-state index in [0.717, 1.165) is 36.8 Å². The fourth-order valence-electron chi connectivity index (χ4n) is 3.82. The molecule has 1 fully saturated rings. The predicted octanol–water partition coefficient (Wildman–Crippen LogP) is 2.39. The summed E-state index contributed by atoms with van der Waals surface area (Å²) in [6, 6.07) is 9.04. The van der Waals surface area contributed by atoms with Crippen LogP contribution in [0.2, 0.25) is 0 Å². The van der Waals surface area contributed by atoms with Crippen molar-refractivity contribution in [1.29, 1.82) is 0 Å². The number of amides is 1. The van der Waals surface area contributed by atoms with Crippen LogP contribution in [0.3, 0.4) is 0 Å². The number of phenolic OH excluding ortho intramolecular Hbond substituents is 1. The number of hydrogen-bond acceptors (Lipinski definition) is 7. The molecule has 1 N–H and O–H groups in total. The highest BCUT2D eigenvalue weighted by Crippen LogP contribution is 2.41. The Morgan fingerprint density at radius 2 is 2.03 bits per heavy atom. The molecule has 1 atom stereocenters. The van der Waals surface area contributed by atoms with Crippen molar-refractivity contribution >= 4 is 23.0 Å². The van der Waals surface area contributed by atoms with Crippen LogP contribution in [0, 0.1) is 0 Å². The van der Waals surface area contributed by atoms with E-state index in [0.29, 0.717) is 24.3 Å². The van der Waals surface area contributed by atoms with E-state index < -0.39 is 0 Å². The fraction of sp³-hybridized carbons (Fsp3) is 0.429.